The number of halogens is 1. The summed E-state index contributed by atoms with van der Waals surface area (Å²) >= 11 is 3.52. The van der Waals surface area contributed by atoms with Crippen LogP contribution in [0.3, 0.4) is 0 Å². The molecule has 0 fully saturated rings. The summed E-state index contributed by atoms with van der Waals surface area (Å²) in [6.45, 7) is 4.95. The van der Waals surface area contributed by atoms with Gasteiger partial charge in [0.2, 0.25) is 5.91 Å². The number of methoxy groups -OCH3 is 1. The van der Waals surface area contributed by atoms with Crippen LogP contribution in [0.2, 0.25) is 0 Å². The smallest absolute Gasteiger partial charge is 0.232 e. The molecule has 166 valence electrons. The number of hydrogen-bond donors (Lipinski definition) is 0. The molecule has 0 aromatic heterocycles. The Balaban J connectivity index is 1.89. The van der Waals surface area contributed by atoms with Gasteiger partial charge < -0.3 is 19.1 Å². The summed E-state index contributed by atoms with van der Waals surface area (Å²) < 4.78 is 18.0. The molecule has 0 unspecified atom stereocenters. The average molecular weight is 496 g/mol. The Morgan fingerprint density at radius 1 is 0.938 bits per heavy atom. The quantitative estimate of drug-likeness (QED) is 0.407. The molecule has 3 aromatic carbocycles. The van der Waals surface area contributed by atoms with Crippen LogP contribution >= 0.6 is 15.9 Å². The first-order valence-corrected chi connectivity index (χ1v) is 11.5. The maximum atomic E-state index is 13.5. The maximum Gasteiger partial charge on any atom is 0.232 e. The third-order valence-corrected chi connectivity index (χ3v) is 6.03. The number of fused-ring (bicyclic) bond motifs is 1. The van der Waals surface area contributed by atoms with Gasteiger partial charge in [-0.1, -0.05) is 28.1 Å². The molecule has 1 heterocycles. The standard InChI is InChI=1S/C26H26BrNO4/c1-4-31-23-14-18-15-25(29)28(20-10-12-21(30-3)13-11-20)26(17-6-8-19(27)9-7-17)22(18)16-24(23)32-5-2/h6-14,16,26H,4-5,15H2,1-3H3/t26-/m0/s1. The van der Waals surface area contributed by atoms with E-state index in [0.29, 0.717) is 31.1 Å². The summed E-state index contributed by atoms with van der Waals surface area (Å²) in [7, 11) is 1.63. The average Bonchev–Trinajstić information content (AvgIpc) is 2.80. The molecule has 1 aliphatic heterocycles. The molecule has 0 spiro atoms. The normalized spacial score (nSPS) is 15.3. The number of rotatable bonds is 7. The number of ether oxygens (including phenoxy) is 3. The van der Waals surface area contributed by atoms with E-state index in [0.717, 1.165) is 32.6 Å². The minimum Gasteiger partial charge on any atom is -0.497 e. The summed E-state index contributed by atoms with van der Waals surface area (Å²) in [5, 5.41) is 0. The van der Waals surface area contributed by atoms with Gasteiger partial charge in [0.25, 0.3) is 0 Å². The summed E-state index contributed by atoms with van der Waals surface area (Å²) in [6.07, 6.45) is 0.293. The van der Waals surface area contributed by atoms with Gasteiger partial charge in [-0.25, -0.2) is 0 Å². The molecule has 0 radical (unpaired) electrons. The highest BCUT2D eigenvalue weighted by atomic mass is 79.9. The predicted octanol–water partition coefficient (Wildman–Crippen LogP) is 5.93. The van der Waals surface area contributed by atoms with Crippen molar-refractivity contribution < 1.29 is 19.0 Å². The van der Waals surface area contributed by atoms with Crippen LogP contribution in [-0.2, 0) is 11.2 Å². The number of anilines is 1. The monoisotopic (exact) mass is 495 g/mol. The van der Waals surface area contributed by atoms with Crippen molar-refractivity contribution in [2.24, 2.45) is 0 Å². The van der Waals surface area contributed by atoms with E-state index in [1.807, 2.05) is 79.4 Å². The van der Waals surface area contributed by atoms with Crippen LogP contribution in [0.15, 0.2) is 65.1 Å². The van der Waals surface area contributed by atoms with Crippen molar-refractivity contribution in [3.05, 3.63) is 81.8 Å². The topological polar surface area (TPSA) is 48.0 Å². The van der Waals surface area contributed by atoms with Gasteiger partial charge in [0.05, 0.1) is 32.8 Å². The first-order valence-electron chi connectivity index (χ1n) is 10.7. The molecule has 4 rings (SSSR count). The Morgan fingerprint density at radius 2 is 1.56 bits per heavy atom. The SMILES string of the molecule is CCOc1cc2c(cc1OCC)[C@H](c1ccc(Br)cc1)N(c1ccc(OC)cc1)C(=O)C2. The molecule has 6 heteroatoms. The van der Waals surface area contributed by atoms with E-state index in [1.54, 1.807) is 7.11 Å². The summed E-state index contributed by atoms with van der Waals surface area (Å²) in [4.78, 5) is 15.3. The van der Waals surface area contributed by atoms with Crippen LogP contribution in [-0.4, -0.2) is 26.2 Å². The van der Waals surface area contributed by atoms with Crippen molar-refractivity contribution in [2.45, 2.75) is 26.3 Å². The number of carbonyl (C=O) groups excluding carboxylic acids is 1. The van der Waals surface area contributed by atoms with Crippen molar-refractivity contribution in [1.82, 2.24) is 0 Å². The van der Waals surface area contributed by atoms with Gasteiger partial charge in [-0.15, -0.1) is 0 Å². The van der Waals surface area contributed by atoms with Crippen molar-refractivity contribution in [2.75, 3.05) is 25.2 Å². The first kappa shape index (κ1) is 22.2. The molecule has 0 saturated carbocycles. The molecular formula is C26H26BrNO4. The molecule has 1 amide bonds. The number of nitrogens with zero attached hydrogens (tertiary/aromatic N) is 1. The predicted molar refractivity (Wildman–Crippen MR) is 129 cm³/mol. The van der Waals surface area contributed by atoms with E-state index in [1.165, 1.54) is 0 Å². The summed E-state index contributed by atoms with van der Waals surface area (Å²) in [5.41, 5.74) is 3.83. The number of hydrogen-bond acceptors (Lipinski definition) is 4. The second-order valence-electron chi connectivity index (χ2n) is 7.46. The molecule has 3 aromatic rings. The lowest BCUT2D eigenvalue weighted by Gasteiger charge is -2.38. The molecule has 1 aliphatic rings. The molecule has 0 saturated heterocycles. The van der Waals surface area contributed by atoms with Gasteiger partial charge in [0.15, 0.2) is 11.5 Å². The third kappa shape index (κ3) is 4.32. The Labute approximate surface area is 197 Å². The van der Waals surface area contributed by atoms with Crippen LogP contribution in [0.4, 0.5) is 5.69 Å². The molecule has 5 nitrogen and oxygen atoms in total. The number of benzene rings is 3. The van der Waals surface area contributed by atoms with Crippen LogP contribution in [0.5, 0.6) is 17.2 Å². The molecule has 32 heavy (non-hydrogen) atoms. The fourth-order valence-electron chi connectivity index (χ4n) is 4.10. The fraction of sp³-hybridized carbons (Fsp3) is 0.269. The number of amides is 1. The molecular weight excluding hydrogens is 470 g/mol. The third-order valence-electron chi connectivity index (χ3n) is 5.50. The molecule has 1 atom stereocenters. The lowest BCUT2D eigenvalue weighted by atomic mass is 9.87. The lowest BCUT2D eigenvalue weighted by molar-refractivity contribution is -0.118. The van der Waals surface area contributed by atoms with Gasteiger partial charge >= 0.3 is 0 Å². The van der Waals surface area contributed by atoms with E-state index < -0.39 is 0 Å². The summed E-state index contributed by atoms with van der Waals surface area (Å²) in [5.74, 6) is 2.15. The van der Waals surface area contributed by atoms with E-state index >= 15 is 0 Å². The Morgan fingerprint density at radius 3 is 2.16 bits per heavy atom. The van der Waals surface area contributed by atoms with Crippen LogP contribution in [0.25, 0.3) is 0 Å². The zero-order valence-corrected chi connectivity index (χ0v) is 20.0. The van der Waals surface area contributed by atoms with E-state index in [9.17, 15) is 4.79 Å². The molecule has 0 N–H and O–H groups in total. The molecule has 0 bridgehead atoms. The van der Waals surface area contributed by atoms with E-state index in [2.05, 4.69) is 15.9 Å². The van der Waals surface area contributed by atoms with Gasteiger partial charge in [0, 0.05) is 10.2 Å². The van der Waals surface area contributed by atoms with Crippen molar-refractivity contribution in [3.63, 3.8) is 0 Å². The van der Waals surface area contributed by atoms with Crippen molar-refractivity contribution in [1.29, 1.82) is 0 Å². The second-order valence-corrected chi connectivity index (χ2v) is 8.37. The lowest BCUT2D eigenvalue weighted by Crippen LogP contribution is -2.41. The first-order chi connectivity index (χ1) is 15.5. The van der Waals surface area contributed by atoms with Crippen LogP contribution in [0.1, 0.15) is 36.6 Å². The van der Waals surface area contributed by atoms with Crippen LogP contribution in [0, 0.1) is 0 Å². The zero-order valence-electron chi connectivity index (χ0n) is 18.4. The Bertz CT molecular complexity index is 1100. The zero-order chi connectivity index (χ0) is 22.7. The highest BCUT2D eigenvalue weighted by Crippen LogP contribution is 2.43. The Kier molecular flexibility index (Phi) is 6.70. The van der Waals surface area contributed by atoms with Gasteiger partial charge in [-0.05, 0) is 79.1 Å². The summed E-state index contributed by atoms with van der Waals surface area (Å²) in [6, 6.07) is 19.4. The second kappa shape index (κ2) is 9.65. The fourth-order valence-corrected chi connectivity index (χ4v) is 4.37. The minimum absolute atomic E-state index is 0.0298. The van der Waals surface area contributed by atoms with Crippen molar-refractivity contribution in [3.8, 4) is 17.2 Å². The van der Waals surface area contributed by atoms with Gasteiger partial charge in [0.1, 0.15) is 5.75 Å². The maximum absolute atomic E-state index is 13.5. The minimum atomic E-state index is -0.289. The van der Waals surface area contributed by atoms with Crippen molar-refractivity contribution >= 4 is 27.5 Å². The van der Waals surface area contributed by atoms with Gasteiger partial charge in [-0.3, -0.25) is 4.79 Å². The molecule has 0 aliphatic carbocycles. The number of carbonyl (C=O) groups is 1. The van der Waals surface area contributed by atoms with Gasteiger partial charge in [-0.2, -0.15) is 0 Å². The highest BCUT2D eigenvalue weighted by Gasteiger charge is 2.36. The van der Waals surface area contributed by atoms with Crippen LogP contribution < -0.4 is 19.1 Å². The Hall–Kier alpha value is -2.99. The van der Waals surface area contributed by atoms with E-state index in [4.69, 9.17) is 14.2 Å². The van der Waals surface area contributed by atoms with E-state index in [-0.39, 0.29) is 11.9 Å². The largest absolute Gasteiger partial charge is 0.497 e. The highest BCUT2D eigenvalue weighted by molar-refractivity contribution is 9.10.